The number of nitrogens with one attached hydrogen (secondary N) is 2. The molecular formula is C9H17N5O2S. The van der Waals surface area contributed by atoms with Crippen LogP contribution in [0.25, 0.3) is 0 Å². The molecule has 0 radical (unpaired) electrons. The predicted molar refractivity (Wildman–Crippen MR) is 65.6 cm³/mol. The fourth-order valence-electron chi connectivity index (χ4n) is 1.85. The molecule has 1 saturated heterocycles. The van der Waals surface area contributed by atoms with Gasteiger partial charge in [-0.05, 0) is 12.8 Å². The maximum absolute atomic E-state index is 12.1. The molecule has 8 heteroatoms. The summed E-state index contributed by atoms with van der Waals surface area (Å²) in [7, 11) is -3.52. The number of aromatic amines is 1. The lowest BCUT2D eigenvalue weighted by Gasteiger charge is -2.20. The number of anilines is 2. The summed E-state index contributed by atoms with van der Waals surface area (Å²) in [6.45, 7) is 1.12. The van der Waals surface area contributed by atoms with Crippen molar-refractivity contribution in [1.29, 1.82) is 0 Å². The van der Waals surface area contributed by atoms with Crippen LogP contribution in [0.4, 0.5) is 11.5 Å². The second kappa shape index (κ2) is 4.92. The number of hydrogen-bond acceptors (Lipinski definition) is 4. The van der Waals surface area contributed by atoms with E-state index in [1.807, 2.05) is 0 Å². The second-order valence-corrected chi connectivity index (χ2v) is 5.79. The summed E-state index contributed by atoms with van der Waals surface area (Å²) in [5.41, 5.74) is 5.86. The molecule has 0 amide bonds. The van der Waals surface area contributed by atoms with E-state index in [4.69, 9.17) is 5.73 Å². The molecule has 2 heterocycles. The van der Waals surface area contributed by atoms with Crippen molar-refractivity contribution in [2.45, 2.75) is 25.7 Å². The number of nitrogens with two attached hydrogens (primary N) is 1. The number of H-pyrrole nitrogens is 1. The maximum atomic E-state index is 12.1. The average Bonchev–Trinajstić information content (AvgIpc) is 2.58. The first-order valence-corrected chi connectivity index (χ1v) is 7.10. The summed E-state index contributed by atoms with van der Waals surface area (Å²) >= 11 is 0. The van der Waals surface area contributed by atoms with Gasteiger partial charge in [0.15, 0.2) is 5.82 Å². The molecule has 0 spiro atoms. The molecule has 0 saturated carbocycles. The van der Waals surface area contributed by atoms with Crippen LogP contribution >= 0.6 is 0 Å². The molecule has 1 aromatic rings. The molecule has 2 rings (SSSR count). The minimum absolute atomic E-state index is 0.231. The van der Waals surface area contributed by atoms with Crippen LogP contribution in [0.2, 0.25) is 0 Å². The van der Waals surface area contributed by atoms with E-state index in [1.165, 1.54) is 10.5 Å². The number of rotatable bonds is 3. The van der Waals surface area contributed by atoms with Crippen LogP contribution in [0.15, 0.2) is 6.20 Å². The Balaban J connectivity index is 2.10. The molecule has 1 fully saturated rings. The van der Waals surface area contributed by atoms with Gasteiger partial charge in [0.2, 0.25) is 0 Å². The van der Waals surface area contributed by atoms with Gasteiger partial charge in [0.1, 0.15) is 0 Å². The zero-order valence-corrected chi connectivity index (χ0v) is 10.3. The lowest BCUT2D eigenvalue weighted by atomic mass is 10.2. The highest BCUT2D eigenvalue weighted by Gasteiger charge is 2.23. The molecule has 0 bridgehead atoms. The van der Waals surface area contributed by atoms with Crippen LogP contribution < -0.4 is 10.5 Å². The summed E-state index contributed by atoms with van der Waals surface area (Å²) in [6, 6.07) is 0. The molecule has 4 N–H and O–H groups in total. The molecular weight excluding hydrogens is 242 g/mol. The van der Waals surface area contributed by atoms with E-state index in [2.05, 4.69) is 14.9 Å². The third-order valence-corrected chi connectivity index (χ3v) is 4.31. The third-order valence-electron chi connectivity index (χ3n) is 2.80. The molecule has 1 aliphatic rings. The van der Waals surface area contributed by atoms with Gasteiger partial charge in [-0.3, -0.25) is 9.82 Å². The van der Waals surface area contributed by atoms with E-state index in [9.17, 15) is 8.42 Å². The van der Waals surface area contributed by atoms with Gasteiger partial charge in [-0.2, -0.15) is 17.8 Å². The van der Waals surface area contributed by atoms with Crippen molar-refractivity contribution >= 4 is 21.7 Å². The normalized spacial score (nSPS) is 18.8. The standard InChI is InChI=1S/C9H17N5O2S/c10-8-7-11-12-9(8)13-17(15,16)14-5-3-1-2-4-6-14/h7H,1-6,10H2,(H2,11,12,13). The topological polar surface area (TPSA) is 104 Å². The summed E-state index contributed by atoms with van der Waals surface area (Å²) in [5, 5.41) is 6.20. The first kappa shape index (κ1) is 12.2. The van der Waals surface area contributed by atoms with Gasteiger partial charge >= 0.3 is 10.2 Å². The number of nitrogen functional groups attached to an aromatic ring is 1. The second-order valence-electron chi connectivity index (χ2n) is 4.12. The third kappa shape index (κ3) is 2.89. The van der Waals surface area contributed by atoms with E-state index in [0.29, 0.717) is 18.8 Å². The average molecular weight is 259 g/mol. The highest BCUT2D eigenvalue weighted by molar-refractivity contribution is 7.90. The Kier molecular flexibility index (Phi) is 3.53. The van der Waals surface area contributed by atoms with E-state index in [-0.39, 0.29) is 5.82 Å². The molecule has 0 atom stereocenters. The van der Waals surface area contributed by atoms with Crippen LogP contribution in [0.3, 0.4) is 0 Å². The van der Waals surface area contributed by atoms with Crippen molar-refractivity contribution in [3.8, 4) is 0 Å². The Labute approximate surface area is 101 Å². The number of aromatic nitrogens is 2. The van der Waals surface area contributed by atoms with Crippen molar-refractivity contribution in [3.63, 3.8) is 0 Å². The lowest BCUT2D eigenvalue weighted by Crippen LogP contribution is -2.36. The van der Waals surface area contributed by atoms with Crippen LogP contribution in [0.5, 0.6) is 0 Å². The fraction of sp³-hybridized carbons (Fsp3) is 0.667. The van der Waals surface area contributed by atoms with Gasteiger partial charge in [-0.15, -0.1) is 0 Å². The SMILES string of the molecule is Nc1cn[nH]c1NS(=O)(=O)N1CCCCCC1. The van der Waals surface area contributed by atoms with Gasteiger partial charge in [0, 0.05) is 13.1 Å². The number of hydrogen-bond donors (Lipinski definition) is 3. The fourth-order valence-corrected chi connectivity index (χ4v) is 3.14. The van der Waals surface area contributed by atoms with E-state index in [0.717, 1.165) is 25.7 Å². The Morgan fingerprint density at radius 3 is 2.47 bits per heavy atom. The molecule has 1 aliphatic heterocycles. The van der Waals surface area contributed by atoms with Crippen LogP contribution in [-0.2, 0) is 10.2 Å². The highest BCUT2D eigenvalue weighted by Crippen LogP contribution is 2.18. The van der Waals surface area contributed by atoms with Crippen LogP contribution in [0, 0.1) is 0 Å². The van der Waals surface area contributed by atoms with E-state index in [1.54, 1.807) is 0 Å². The summed E-state index contributed by atoms with van der Waals surface area (Å²) < 4.78 is 28.0. The molecule has 0 aliphatic carbocycles. The molecule has 96 valence electrons. The van der Waals surface area contributed by atoms with Gasteiger partial charge < -0.3 is 5.73 Å². The Morgan fingerprint density at radius 2 is 1.94 bits per heavy atom. The zero-order valence-electron chi connectivity index (χ0n) is 9.52. The largest absolute Gasteiger partial charge is 0.394 e. The smallest absolute Gasteiger partial charge is 0.302 e. The monoisotopic (exact) mass is 259 g/mol. The Morgan fingerprint density at radius 1 is 1.29 bits per heavy atom. The van der Waals surface area contributed by atoms with Gasteiger partial charge in [-0.1, -0.05) is 12.8 Å². The predicted octanol–water partition coefficient (Wildman–Crippen LogP) is 0.525. The molecule has 17 heavy (non-hydrogen) atoms. The van der Waals surface area contributed by atoms with Gasteiger partial charge in [0.25, 0.3) is 0 Å². The molecule has 0 aromatic carbocycles. The minimum atomic E-state index is -3.52. The van der Waals surface area contributed by atoms with Crippen molar-refractivity contribution in [1.82, 2.24) is 14.5 Å². The number of nitrogens with zero attached hydrogens (tertiary/aromatic N) is 2. The van der Waals surface area contributed by atoms with E-state index < -0.39 is 10.2 Å². The Bertz CT molecular complexity index is 461. The van der Waals surface area contributed by atoms with Crippen molar-refractivity contribution < 1.29 is 8.42 Å². The maximum Gasteiger partial charge on any atom is 0.302 e. The highest BCUT2D eigenvalue weighted by atomic mass is 32.2. The first-order chi connectivity index (χ1) is 8.09. The summed E-state index contributed by atoms with van der Waals surface area (Å²) in [6.07, 6.45) is 5.34. The molecule has 7 nitrogen and oxygen atoms in total. The quantitative estimate of drug-likeness (QED) is 0.736. The lowest BCUT2D eigenvalue weighted by molar-refractivity contribution is 0.427. The van der Waals surface area contributed by atoms with Crippen LogP contribution in [0.1, 0.15) is 25.7 Å². The van der Waals surface area contributed by atoms with Crippen molar-refractivity contribution in [2.75, 3.05) is 23.5 Å². The molecule has 0 unspecified atom stereocenters. The summed E-state index contributed by atoms with van der Waals surface area (Å²) in [4.78, 5) is 0. The van der Waals surface area contributed by atoms with E-state index >= 15 is 0 Å². The van der Waals surface area contributed by atoms with Gasteiger partial charge in [0.05, 0.1) is 11.9 Å². The molecule has 1 aromatic heterocycles. The first-order valence-electron chi connectivity index (χ1n) is 5.66. The van der Waals surface area contributed by atoms with Crippen LogP contribution in [-0.4, -0.2) is 36.0 Å². The van der Waals surface area contributed by atoms with Gasteiger partial charge in [-0.25, -0.2) is 0 Å². The summed E-state index contributed by atoms with van der Waals surface area (Å²) in [5.74, 6) is 0.231. The van der Waals surface area contributed by atoms with Crippen molar-refractivity contribution in [3.05, 3.63) is 6.20 Å². The minimum Gasteiger partial charge on any atom is -0.394 e. The zero-order chi connectivity index (χ0) is 12.3. The Hall–Kier alpha value is -1.28. The van der Waals surface area contributed by atoms with Crippen molar-refractivity contribution in [2.24, 2.45) is 0 Å².